The van der Waals surface area contributed by atoms with Crippen LogP contribution >= 0.6 is 0 Å². The van der Waals surface area contributed by atoms with Gasteiger partial charge in [-0.2, -0.15) is 0 Å². The number of Topliss-reactive ketones (excluding diaryl/α,β-unsaturated/α-hetero) is 1. The Labute approximate surface area is 280 Å². The molecule has 0 fully saturated rings. The van der Waals surface area contributed by atoms with E-state index in [-0.39, 0.29) is 11.8 Å². The summed E-state index contributed by atoms with van der Waals surface area (Å²) in [5.41, 5.74) is 6.21. The Morgan fingerprint density at radius 1 is 0.583 bits per heavy atom. The minimum absolute atomic E-state index is 0.0236. The number of carbonyl (C=O) groups is 1. The summed E-state index contributed by atoms with van der Waals surface area (Å²) in [5.74, 6) is 2.46. The van der Waals surface area contributed by atoms with E-state index >= 15 is 0 Å². The van der Waals surface area contributed by atoms with Crippen molar-refractivity contribution in [2.75, 3.05) is 7.11 Å². The summed E-state index contributed by atoms with van der Waals surface area (Å²) >= 11 is 0. The number of benzene rings is 5. The number of carbonyl (C=O) groups excluding carboxylic acids is 1. The van der Waals surface area contributed by atoms with Crippen molar-refractivity contribution in [1.82, 2.24) is 4.57 Å². The lowest BCUT2D eigenvalue weighted by molar-refractivity contribution is 0.103. The number of hydrogen-bond acceptors (Lipinski definition) is 5. The maximum Gasteiger partial charge on any atom is 0.207 e. The first-order chi connectivity index (χ1) is 23.7. The minimum Gasteiger partial charge on any atom is -0.493 e. The molecule has 6 heteroatoms. The topological polar surface area (TPSA) is 58.9 Å². The fourth-order valence-electron chi connectivity index (χ4n) is 5.92. The van der Waals surface area contributed by atoms with Crippen molar-refractivity contribution in [2.45, 2.75) is 25.9 Å². The second-order valence-electron chi connectivity index (χ2n) is 11.6. The fourth-order valence-corrected chi connectivity index (χ4v) is 5.92. The van der Waals surface area contributed by atoms with Gasteiger partial charge in [-0.15, -0.1) is 0 Å². The van der Waals surface area contributed by atoms with Crippen LogP contribution in [-0.2, 0) is 19.8 Å². The summed E-state index contributed by atoms with van der Waals surface area (Å²) in [5, 5.41) is 0. The summed E-state index contributed by atoms with van der Waals surface area (Å²) in [6, 6.07) is 45.1. The quantitative estimate of drug-likeness (QED) is 0.126. The van der Waals surface area contributed by atoms with Gasteiger partial charge in [0, 0.05) is 11.8 Å². The standard InChI is InChI=1S/C42H35NO5/c1-45-39-26-34(20-22-37(39)46-27-30-12-5-2-6-13-30)41-35(42(44)36-18-11-23-43(36)41)24-33-19-21-38(47-28-31-14-7-3-8-15-31)40(25-33)48-29-32-16-9-4-10-17-32/h2-26,41H,27-29H2,1H3/b35-24+. The zero-order valence-electron chi connectivity index (χ0n) is 26.6. The van der Waals surface area contributed by atoms with E-state index in [0.29, 0.717) is 54.1 Å². The lowest BCUT2D eigenvalue weighted by Crippen LogP contribution is -2.08. The highest BCUT2D eigenvalue weighted by atomic mass is 16.5. The molecule has 0 amide bonds. The van der Waals surface area contributed by atoms with Gasteiger partial charge in [0.15, 0.2) is 23.0 Å². The molecule has 0 N–H and O–H groups in total. The SMILES string of the molecule is COc1cc(C2/C(=C\c3ccc(OCc4ccccc4)c(OCc4ccccc4)c3)C(=O)c3cccn32)ccc1OCc1ccccc1. The number of nitrogens with zero attached hydrogens (tertiary/aromatic N) is 1. The Kier molecular flexibility index (Phi) is 9.05. The number of hydrogen-bond donors (Lipinski definition) is 0. The van der Waals surface area contributed by atoms with Crippen molar-refractivity contribution in [1.29, 1.82) is 0 Å². The highest BCUT2D eigenvalue weighted by Gasteiger charge is 2.35. The van der Waals surface area contributed by atoms with Crippen LogP contribution in [0.1, 0.15) is 44.3 Å². The largest absolute Gasteiger partial charge is 0.493 e. The van der Waals surface area contributed by atoms with Crippen molar-refractivity contribution >= 4 is 11.9 Å². The lowest BCUT2D eigenvalue weighted by atomic mass is 9.95. The van der Waals surface area contributed by atoms with Gasteiger partial charge in [-0.25, -0.2) is 0 Å². The predicted molar refractivity (Wildman–Crippen MR) is 187 cm³/mol. The Balaban J connectivity index is 1.20. The Hall–Kier alpha value is -6.01. The summed E-state index contributed by atoms with van der Waals surface area (Å²) < 4.78 is 26.4. The third-order valence-corrected chi connectivity index (χ3v) is 8.35. The maximum atomic E-state index is 13.8. The third kappa shape index (κ3) is 6.74. The summed E-state index contributed by atoms with van der Waals surface area (Å²) in [7, 11) is 1.63. The molecular weight excluding hydrogens is 598 g/mol. The fraction of sp³-hybridized carbons (Fsp3) is 0.119. The van der Waals surface area contributed by atoms with E-state index in [1.54, 1.807) is 7.11 Å². The molecule has 0 saturated carbocycles. The lowest BCUT2D eigenvalue weighted by Gasteiger charge is -2.19. The van der Waals surface area contributed by atoms with Crippen LogP contribution in [0.25, 0.3) is 6.08 Å². The predicted octanol–water partition coefficient (Wildman–Crippen LogP) is 9.10. The average Bonchev–Trinajstić information content (AvgIpc) is 3.72. The molecule has 238 valence electrons. The number of aromatic nitrogens is 1. The molecule has 0 aliphatic carbocycles. The second-order valence-corrected chi connectivity index (χ2v) is 11.6. The molecule has 1 unspecified atom stereocenters. The molecule has 1 aromatic heterocycles. The van der Waals surface area contributed by atoms with Crippen LogP contribution in [0.3, 0.4) is 0 Å². The van der Waals surface area contributed by atoms with Crippen LogP contribution in [0.5, 0.6) is 23.0 Å². The van der Waals surface area contributed by atoms with Gasteiger partial charge in [0.1, 0.15) is 19.8 Å². The normalized spacial score (nSPS) is 14.5. The third-order valence-electron chi connectivity index (χ3n) is 8.35. The Morgan fingerprint density at radius 3 is 1.71 bits per heavy atom. The molecule has 48 heavy (non-hydrogen) atoms. The minimum atomic E-state index is -0.345. The number of fused-ring (bicyclic) bond motifs is 1. The van der Waals surface area contributed by atoms with Gasteiger partial charge in [-0.1, -0.05) is 103 Å². The second kappa shape index (κ2) is 14.2. The van der Waals surface area contributed by atoms with Gasteiger partial charge < -0.3 is 23.5 Å². The van der Waals surface area contributed by atoms with E-state index in [1.807, 2.05) is 156 Å². The smallest absolute Gasteiger partial charge is 0.207 e. The number of rotatable bonds is 12. The first-order valence-electron chi connectivity index (χ1n) is 15.9. The number of allylic oxidation sites excluding steroid dienone is 1. The van der Waals surface area contributed by atoms with E-state index in [0.717, 1.165) is 27.8 Å². The monoisotopic (exact) mass is 633 g/mol. The molecular formula is C42H35NO5. The molecule has 2 heterocycles. The molecule has 1 atom stereocenters. The molecule has 6 nitrogen and oxygen atoms in total. The van der Waals surface area contributed by atoms with Crippen molar-refractivity contribution < 1.29 is 23.7 Å². The van der Waals surface area contributed by atoms with Crippen molar-refractivity contribution in [3.05, 3.63) is 185 Å². The summed E-state index contributed by atoms with van der Waals surface area (Å²) in [4.78, 5) is 13.8. The van der Waals surface area contributed by atoms with Gasteiger partial charge in [0.05, 0.1) is 18.8 Å². The van der Waals surface area contributed by atoms with E-state index in [2.05, 4.69) is 0 Å². The Morgan fingerprint density at radius 2 is 1.12 bits per heavy atom. The molecule has 1 aliphatic heterocycles. The molecule has 0 bridgehead atoms. The van der Waals surface area contributed by atoms with Crippen molar-refractivity contribution in [3.8, 4) is 23.0 Å². The van der Waals surface area contributed by atoms with E-state index < -0.39 is 0 Å². The van der Waals surface area contributed by atoms with Gasteiger partial charge >= 0.3 is 0 Å². The highest BCUT2D eigenvalue weighted by Crippen LogP contribution is 2.41. The maximum absolute atomic E-state index is 13.8. The number of methoxy groups -OCH3 is 1. The Bertz CT molecular complexity index is 2030. The molecule has 0 saturated heterocycles. The average molecular weight is 634 g/mol. The molecule has 5 aromatic carbocycles. The molecule has 7 rings (SSSR count). The van der Waals surface area contributed by atoms with Crippen molar-refractivity contribution in [3.63, 3.8) is 0 Å². The van der Waals surface area contributed by atoms with Crippen LogP contribution in [0.2, 0.25) is 0 Å². The van der Waals surface area contributed by atoms with Crippen LogP contribution in [0, 0.1) is 0 Å². The summed E-state index contributed by atoms with van der Waals surface area (Å²) in [6.45, 7) is 1.21. The number of ketones is 1. The zero-order chi connectivity index (χ0) is 32.7. The zero-order valence-corrected chi connectivity index (χ0v) is 26.6. The molecule has 0 radical (unpaired) electrons. The van der Waals surface area contributed by atoms with Gasteiger partial charge in [-0.05, 0) is 70.3 Å². The van der Waals surface area contributed by atoms with Gasteiger partial charge in [0.25, 0.3) is 0 Å². The van der Waals surface area contributed by atoms with E-state index in [4.69, 9.17) is 18.9 Å². The van der Waals surface area contributed by atoms with E-state index in [1.165, 1.54) is 0 Å². The van der Waals surface area contributed by atoms with Crippen LogP contribution in [0.15, 0.2) is 151 Å². The van der Waals surface area contributed by atoms with Crippen LogP contribution < -0.4 is 18.9 Å². The molecule has 6 aromatic rings. The van der Waals surface area contributed by atoms with Gasteiger partial charge in [-0.3, -0.25) is 4.79 Å². The van der Waals surface area contributed by atoms with E-state index in [9.17, 15) is 4.79 Å². The molecule has 0 spiro atoms. The highest BCUT2D eigenvalue weighted by molar-refractivity contribution is 6.14. The van der Waals surface area contributed by atoms with Gasteiger partial charge in [0.2, 0.25) is 5.78 Å². The van der Waals surface area contributed by atoms with Crippen molar-refractivity contribution in [2.24, 2.45) is 0 Å². The van der Waals surface area contributed by atoms with Crippen LogP contribution in [0.4, 0.5) is 0 Å². The summed E-state index contributed by atoms with van der Waals surface area (Å²) in [6.07, 6.45) is 3.89. The molecule has 1 aliphatic rings. The first-order valence-corrected chi connectivity index (χ1v) is 15.9. The first kappa shape index (κ1) is 30.6. The van der Waals surface area contributed by atoms with Crippen LogP contribution in [-0.4, -0.2) is 17.5 Å². The number of ether oxygens (including phenoxy) is 4.